The minimum atomic E-state index is 0.541. The molecule has 56 valence electrons. The van der Waals surface area contributed by atoms with Crippen molar-refractivity contribution in [2.75, 3.05) is 19.6 Å². The lowest BCUT2D eigenvalue weighted by molar-refractivity contribution is 0.120. The fraction of sp³-hybridized carbons (Fsp3) is 0.778. The molecule has 10 heavy (non-hydrogen) atoms. The van der Waals surface area contributed by atoms with Gasteiger partial charge in [-0.2, -0.15) is 0 Å². The summed E-state index contributed by atoms with van der Waals surface area (Å²) in [4.78, 5) is 2.41. The molecule has 1 heteroatoms. The van der Waals surface area contributed by atoms with Crippen LogP contribution >= 0.6 is 0 Å². The molecule has 0 saturated carbocycles. The van der Waals surface area contributed by atoms with Gasteiger partial charge in [-0.25, -0.2) is 0 Å². The second-order valence-electron chi connectivity index (χ2n) is 3.48. The third-order valence-electron chi connectivity index (χ3n) is 1.82. The van der Waals surface area contributed by atoms with Gasteiger partial charge in [0.05, 0.1) is 0 Å². The number of rotatable bonds is 2. The Kier molecular flexibility index (Phi) is 2.34. The highest BCUT2D eigenvalue weighted by atomic mass is 15.2. The second kappa shape index (κ2) is 3.07. The van der Waals surface area contributed by atoms with Crippen LogP contribution in [-0.4, -0.2) is 24.5 Å². The fourth-order valence-corrected chi connectivity index (χ4v) is 1.34. The second-order valence-corrected chi connectivity index (χ2v) is 3.48. The molecule has 0 aromatic heterocycles. The topological polar surface area (TPSA) is 3.24 Å². The van der Waals surface area contributed by atoms with Gasteiger partial charge in [0.15, 0.2) is 0 Å². The molecule has 1 rings (SSSR count). The van der Waals surface area contributed by atoms with Gasteiger partial charge >= 0.3 is 0 Å². The van der Waals surface area contributed by atoms with Crippen LogP contribution in [0.1, 0.15) is 13.8 Å². The molecule has 1 nitrogen and oxygen atoms in total. The predicted octanol–water partition coefficient (Wildman–Crippen LogP) is 1.21. The van der Waals surface area contributed by atoms with Gasteiger partial charge in [-0.05, 0) is 5.92 Å². The first-order chi connectivity index (χ1) is 4.72. The third-order valence-corrected chi connectivity index (χ3v) is 1.82. The maximum atomic E-state index is 5.25. The van der Waals surface area contributed by atoms with Gasteiger partial charge in [-0.3, -0.25) is 0 Å². The molecule has 0 N–H and O–H groups in total. The van der Waals surface area contributed by atoms with E-state index in [9.17, 15) is 0 Å². The van der Waals surface area contributed by atoms with Crippen LogP contribution in [0.4, 0.5) is 0 Å². The van der Waals surface area contributed by atoms with Crippen LogP contribution in [0.3, 0.4) is 0 Å². The summed E-state index contributed by atoms with van der Waals surface area (Å²) in [6.07, 6.45) is 5.25. The zero-order chi connectivity index (χ0) is 7.56. The average molecular weight is 137 g/mol. The molecule has 1 saturated heterocycles. The van der Waals surface area contributed by atoms with Crippen molar-refractivity contribution < 1.29 is 0 Å². The summed E-state index contributed by atoms with van der Waals surface area (Å²) in [7, 11) is 0. The lowest BCUT2D eigenvalue weighted by atomic mass is 10.00. The van der Waals surface area contributed by atoms with Crippen molar-refractivity contribution in [3.8, 4) is 12.3 Å². The highest BCUT2D eigenvalue weighted by Gasteiger charge is 2.24. The van der Waals surface area contributed by atoms with Gasteiger partial charge in [0.25, 0.3) is 0 Å². The van der Waals surface area contributed by atoms with E-state index in [4.69, 9.17) is 6.42 Å². The van der Waals surface area contributed by atoms with Gasteiger partial charge in [-0.15, -0.1) is 12.3 Å². The first-order valence-corrected chi connectivity index (χ1v) is 3.91. The van der Waals surface area contributed by atoms with Crippen LogP contribution in [-0.2, 0) is 0 Å². The Balaban J connectivity index is 2.10. The van der Waals surface area contributed by atoms with Gasteiger partial charge in [-0.1, -0.05) is 13.8 Å². The largest absolute Gasteiger partial charge is 0.301 e. The molecule has 0 radical (unpaired) electrons. The molecule has 1 fully saturated rings. The summed E-state index contributed by atoms with van der Waals surface area (Å²) in [5.74, 6) is 4.08. The van der Waals surface area contributed by atoms with E-state index < -0.39 is 0 Å². The number of hydrogen-bond donors (Lipinski definition) is 0. The number of likely N-dealkylation sites (tertiary alicyclic amines) is 1. The smallest absolute Gasteiger partial charge is 0.0454 e. The Morgan fingerprint density at radius 1 is 1.60 bits per heavy atom. The minimum Gasteiger partial charge on any atom is -0.301 e. The monoisotopic (exact) mass is 137 g/mol. The van der Waals surface area contributed by atoms with E-state index in [0.717, 1.165) is 19.0 Å². The molecular formula is C9H15N. The Labute approximate surface area is 63.4 Å². The van der Waals surface area contributed by atoms with E-state index in [0.29, 0.717) is 5.92 Å². The molecule has 0 amide bonds. The Hall–Kier alpha value is -0.480. The molecule has 0 bridgehead atoms. The van der Waals surface area contributed by atoms with Crippen molar-refractivity contribution in [2.24, 2.45) is 11.8 Å². The summed E-state index contributed by atoms with van der Waals surface area (Å²) in [6, 6.07) is 0. The first-order valence-electron chi connectivity index (χ1n) is 3.91. The maximum Gasteiger partial charge on any atom is 0.0454 e. The summed E-state index contributed by atoms with van der Waals surface area (Å²) < 4.78 is 0. The van der Waals surface area contributed by atoms with Crippen molar-refractivity contribution in [1.29, 1.82) is 0 Å². The van der Waals surface area contributed by atoms with E-state index in [1.165, 1.54) is 6.54 Å². The lowest BCUT2D eigenvalue weighted by Gasteiger charge is -2.37. The highest BCUT2D eigenvalue weighted by Crippen LogP contribution is 2.15. The molecule has 0 aromatic rings. The molecule has 0 aromatic carbocycles. The molecule has 0 atom stereocenters. The number of nitrogens with zero attached hydrogens (tertiary/aromatic N) is 1. The molecule has 1 heterocycles. The van der Waals surface area contributed by atoms with E-state index in [1.807, 2.05) is 0 Å². The highest BCUT2D eigenvalue weighted by molar-refractivity contribution is 5.01. The molecule has 0 aliphatic carbocycles. The zero-order valence-corrected chi connectivity index (χ0v) is 6.80. The molecule has 1 aliphatic rings. The van der Waals surface area contributed by atoms with Gasteiger partial charge in [0.1, 0.15) is 0 Å². The Morgan fingerprint density at radius 2 is 2.20 bits per heavy atom. The predicted molar refractivity (Wildman–Crippen MR) is 43.6 cm³/mol. The summed E-state index contributed by atoms with van der Waals surface area (Å²) in [6.45, 7) is 7.92. The van der Waals surface area contributed by atoms with Crippen molar-refractivity contribution in [3.05, 3.63) is 0 Å². The normalized spacial score (nSPS) is 20.6. The molecule has 0 unspecified atom stereocenters. The van der Waals surface area contributed by atoms with Crippen molar-refractivity contribution in [2.45, 2.75) is 13.8 Å². The van der Waals surface area contributed by atoms with E-state index >= 15 is 0 Å². The van der Waals surface area contributed by atoms with Crippen LogP contribution in [0.5, 0.6) is 0 Å². The van der Waals surface area contributed by atoms with Crippen LogP contribution in [0.25, 0.3) is 0 Å². The van der Waals surface area contributed by atoms with E-state index in [-0.39, 0.29) is 0 Å². The van der Waals surface area contributed by atoms with E-state index in [2.05, 4.69) is 24.7 Å². The summed E-state index contributed by atoms with van der Waals surface area (Å²) in [5, 5.41) is 0. The third kappa shape index (κ3) is 1.75. The van der Waals surface area contributed by atoms with Crippen molar-refractivity contribution >= 4 is 0 Å². The Morgan fingerprint density at radius 3 is 2.60 bits per heavy atom. The molecule has 0 spiro atoms. The van der Waals surface area contributed by atoms with Gasteiger partial charge in [0.2, 0.25) is 0 Å². The standard InChI is InChI=1S/C9H15N/c1-4-9-6-10(7-9)5-8(2)3/h1,8-9H,5-7H2,2-3H3. The first kappa shape index (κ1) is 7.63. The van der Waals surface area contributed by atoms with Gasteiger partial charge in [0, 0.05) is 25.6 Å². The average Bonchev–Trinajstić information content (AvgIpc) is 1.76. The van der Waals surface area contributed by atoms with Gasteiger partial charge < -0.3 is 4.90 Å². The number of terminal acetylenes is 1. The van der Waals surface area contributed by atoms with Crippen LogP contribution in [0, 0.1) is 24.2 Å². The van der Waals surface area contributed by atoms with Crippen LogP contribution < -0.4 is 0 Å². The fourth-order valence-electron chi connectivity index (χ4n) is 1.34. The van der Waals surface area contributed by atoms with Crippen LogP contribution in [0.2, 0.25) is 0 Å². The lowest BCUT2D eigenvalue weighted by Crippen LogP contribution is -2.47. The number of hydrogen-bond acceptors (Lipinski definition) is 1. The maximum absolute atomic E-state index is 5.25. The quantitative estimate of drug-likeness (QED) is 0.517. The minimum absolute atomic E-state index is 0.541. The van der Waals surface area contributed by atoms with Crippen LogP contribution in [0.15, 0.2) is 0 Å². The summed E-state index contributed by atoms with van der Waals surface area (Å²) in [5.41, 5.74) is 0. The zero-order valence-electron chi connectivity index (χ0n) is 6.80. The SMILES string of the molecule is C#CC1CN(CC(C)C)C1. The molecular weight excluding hydrogens is 122 g/mol. The van der Waals surface area contributed by atoms with E-state index in [1.54, 1.807) is 0 Å². The Bertz CT molecular complexity index is 137. The summed E-state index contributed by atoms with van der Waals surface area (Å²) >= 11 is 0. The van der Waals surface area contributed by atoms with Crippen molar-refractivity contribution in [3.63, 3.8) is 0 Å². The molecule has 1 aliphatic heterocycles. The van der Waals surface area contributed by atoms with Crippen molar-refractivity contribution in [1.82, 2.24) is 4.90 Å².